The minimum Gasteiger partial charge on any atom is -0.328 e. The molecule has 4 aromatic heterocycles. The minimum atomic E-state index is -0.0516. The fraction of sp³-hybridized carbons (Fsp3) is 0.345. The highest BCUT2D eigenvalue weighted by Gasteiger charge is 2.19. The van der Waals surface area contributed by atoms with Crippen LogP contribution < -0.4 is 10.2 Å². The van der Waals surface area contributed by atoms with Crippen molar-refractivity contribution in [2.75, 3.05) is 30.4 Å². The molecule has 10 nitrogen and oxygen atoms in total. The van der Waals surface area contributed by atoms with Crippen LogP contribution >= 0.6 is 11.5 Å². The lowest BCUT2D eigenvalue weighted by molar-refractivity contribution is -0.119. The number of likely N-dealkylation sites (tertiary alicyclic amines) is 1. The molecule has 0 bridgehead atoms. The molecule has 5 aromatic rings. The molecule has 0 aliphatic carbocycles. The number of anilines is 3. The second-order valence-electron chi connectivity index (χ2n) is 10.6. The number of imidazole rings is 1. The van der Waals surface area contributed by atoms with E-state index in [0.29, 0.717) is 11.5 Å². The van der Waals surface area contributed by atoms with Gasteiger partial charge in [-0.15, -0.1) is 0 Å². The van der Waals surface area contributed by atoms with Crippen LogP contribution in [0.4, 0.5) is 16.5 Å². The van der Waals surface area contributed by atoms with Crippen molar-refractivity contribution in [1.29, 1.82) is 0 Å². The zero-order valence-corrected chi connectivity index (χ0v) is 23.8. The number of nitrogens with zero attached hydrogens (tertiary/aromatic N) is 8. The average molecular weight is 556 g/mol. The third-order valence-electron chi connectivity index (χ3n) is 7.28. The summed E-state index contributed by atoms with van der Waals surface area (Å²) in [4.78, 5) is 26.4. The van der Waals surface area contributed by atoms with Gasteiger partial charge < -0.3 is 10.2 Å². The monoisotopic (exact) mass is 555 g/mol. The number of aryl methyl sites for hydroxylation is 1. The molecule has 1 aliphatic heterocycles. The van der Waals surface area contributed by atoms with E-state index in [0.717, 1.165) is 58.9 Å². The smallest absolute Gasteiger partial charge is 0.248 e. The van der Waals surface area contributed by atoms with E-state index in [9.17, 15) is 4.79 Å². The van der Waals surface area contributed by atoms with Gasteiger partial charge in [0.2, 0.25) is 5.91 Å². The lowest BCUT2D eigenvalue weighted by Crippen LogP contribution is -2.33. The number of carbonyl (C=O) groups excluding carboxylic acids is 1. The molecule has 11 heteroatoms. The van der Waals surface area contributed by atoms with Crippen LogP contribution in [0.3, 0.4) is 0 Å². The van der Waals surface area contributed by atoms with Crippen LogP contribution in [0.15, 0.2) is 61.2 Å². The van der Waals surface area contributed by atoms with Gasteiger partial charge in [0.05, 0.1) is 29.5 Å². The highest BCUT2D eigenvalue weighted by Crippen LogP contribution is 2.28. The summed E-state index contributed by atoms with van der Waals surface area (Å²) in [5, 5.41) is 8.84. The van der Waals surface area contributed by atoms with Gasteiger partial charge in [-0.1, -0.05) is 25.1 Å². The van der Waals surface area contributed by atoms with Crippen molar-refractivity contribution in [3.63, 3.8) is 0 Å². The summed E-state index contributed by atoms with van der Waals surface area (Å²) < 4.78 is 8.36. The minimum absolute atomic E-state index is 0.0516. The quantitative estimate of drug-likeness (QED) is 0.288. The van der Waals surface area contributed by atoms with E-state index in [1.54, 1.807) is 22.8 Å². The number of nitrogens with one attached hydrogen (secondary N) is 1. The number of fused-ring (bicyclic) bond motifs is 1. The normalized spacial score (nSPS) is 15.9. The number of aromatic nitrogens is 6. The first-order chi connectivity index (χ1) is 19.4. The number of benzene rings is 1. The molecule has 1 aromatic carbocycles. The molecule has 1 N–H and O–H groups in total. The Morgan fingerprint density at radius 2 is 2.05 bits per heavy atom. The highest BCUT2D eigenvalue weighted by molar-refractivity contribution is 7.10. The molecule has 0 radical (unpaired) electrons. The van der Waals surface area contributed by atoms with E-state index in [2.05, 4.69) is 37.7 Å². The second kappa shape index (κ2) is 11.2. The van der Waals surface area contributed by atoms with Gasteiger partial charge in [-0.05, 0) is 62.0 Å². The number of piperidine rings is 1. The number of rotatable bonds is 8. The van der Waals surface area contributed by atoms with Crippen LogP contribution in [0.1, 0.15) is 31.2 Å². The second-order valence-corrected chi connectivity index (χ2v) is 11.4. The number of amides is 1. The molecule has 1 aliphatic rings. The van der Waals surface area contributed by atoms with E-state index in [-0.39, 0.29) is 12.5 Å². The Bertz CT molecular complexity index is 1620. The number of para-hydroxylation sites is 1. The van der Waals surface area contributed by atoms with Crippen molar-refractivity contribution in [2.45, 2.75) is 39.8 Å². The van der Waals surface area contributed by atoms with Gasteiger partial charge in [-0.25, -0.2) is 9.97 Å². The SMILES string of the molecule is Cc1cn2c(-c3cnn(CC(=O)N(C)c4ccccc4)c3)cnc2c(Nc2cc(CN3CCCC(C)C3)ns2)n1. The number of likely N-dealkylation sites (N-methyl/N-ethyl adjacent to an activating group) is 1. The molecule has 40 heavy (non-hydrogen) atoms. The van der Waals surface area contributed by atoms with Crippen molar-refractivity contribution in [3.05, 3.63) is 72.6 Å². The van der Waals surface area contributed by atoms with Crippen LogP contribution in [0.25, 0.3) is 16.9 Å². The zero-order valence-electron chi connectivity index (χ0n) is 23.0. The van der Waals surface area contributed by atoms with Crippen LogP contribution in [0.2, 0.25) is 0 Å². The molecule has 1 atom stereocenters. The Balaban J connectivity index is 1.18. The summed E-state index contributed by atoms with van der Waals surface area (Å²) in [6.45, 7) is 7.57. The molecule has 1 unspecified atom stereocenters. The molecule has 5 heterocycles. The molecule has 1 fully saturated rings. The maximum absolute atomic E-state index is 12.8. The Labute approximate surface area is 237 Å². The zero-order chi connectivity index (χ0) is 27.6. The maximum atomic E-state index is 12.8. The molecule has 6 rings (SSSR count). The Morgan fingerprint density at radius 3 is 2.88 bits per heavy atom. The number of hydrogen-bond donors (Lipinski definition) is 1. The largest absolute Gasteiger partial charge is 0.328 e. The first kappa shape index (κ1) is 26.1. The predicted octanol–water partition coefficient (Wildman–Crippen LogP) is 5.00. The molecule has 1 saturated heterocycles. The van der Waals surface area contributed by atoms with Crippen molar-refractivity contribution in [2.24, 2.45) is 5.92 Å². The summed E-state index contributed by atoms with van der Waals surface area (Å²) in [5.41, 5.74) is 5.24. The third-order valence-corrected chi connectivity index (χ3v) is 8.03. The third kappa shape index (κ3) is 5.61. The standard InChI is InChI=1S/C29H33N9OS/c1-20-8-7-11-36(15-20)18-23-12-26(40-34-23)33-28-29-30-14-25(38(29)16-21(2)32-28)22-13-31-37(17-22)19-27(39)35(3)24-9-5-4-6-10-24/h4-6,9-10,12-14,16-17,20H,7-8,11,15,18-19H2,1-3H3,(H,32,33). The van der Waals surface area contributed by atoms with Crippen LogP contribution in [-0.4, -0.2) is 59.5 Å². The summed E-state index contributed by atoms with van der Waals surface area (Å²) in [7, 11) is 1.77. The van der Waals surface area contributed by atoms with Crippen molar-refractivity contribution >= 4 is 39.6 Å². The number of carbonyl (C=O) groups is 1. The van der Waals surface area contributed by atoms with E-state index < -0.39 is 0 Å². The lowest BCUT2D eigenvalue weighted by Gasteiger charge is -2.30. The molecule has 0 spiro atoms. The summed E-state index contributed by atoms with van der Waals surface area (Å²) in [6.07, 6.45) is 9.98. The highest BCUT2D eigenvalue weighted by atomic mass is 32.1. The Kier molecular flexibility index (Phi) is 7.31. The van der Waals surface area contributed by atoms with Gasteiger partial charge in [0, 0.05) is 43.8 Å². The van der Waals surface area contributed by atoms with Gasteiger partial charge in [0.15, 0.2) is 11.5 Å². The molecule has 206 valence electrons. The first-order valence-corrected chi connectivity index (χ1v) is 14.3. The molecule has 1 amide bonds. The summed E-state index contributed by atoms with van der Waals surface area (Å²) >= 11 is 1.45. The fourth-order valence-corrected chi connectivity index (χ4v) is 5.91. The average Bonchev–Trinajstić information content (AvgIpc) is 3.69. The molecule has 0 saturated carbocycles. The molecular weight excluding hydrogens is 522 g/mol. The van der Waals surface area contributed by atoms with Crippen LogP contribution in [0, 0.1) is 12.8 Å². The van der Waals surface area contributed by atoms with Crippen LogP contribution in [0.5, 0.6) is 0 Å². The van der Waals surface area contributed by atoms with Gasteiger partial charge >= 0.3 is 0 Å². The lowest BCUT2D eigenvalue weighted by atomic mass is 10.0. The van der Waals surface area contributed by atoms with Crippen LogP contribution in [-0.2, 0) is 17.9 Å². The van der Waals surface area contributed by atoms with Gasteiger partial charge in [-0.3, -0.25) is 18.8 Å². The van der Waals surface area contributed by atoms with E-state index in [1.165, 1.54) is 24.4 Å². The fourth-order valence-electron chi connectivity index (χ4n) is 5.25. The predicted molar refractivity (Wildman–Crippen MR) is 158 cm³/mol. The van der Waals surface area contributed by atoms with Crippen molar-refractivity contribution in [1.82, 2.24) is 33.4 Å². The van der Waals surface area contributed by atoms with E-state index >= 15 is 0 Å². The first-order valence-electron chi connectivity index (χ1n) is 13.6. The Hall–Kier alpha value is -4.09. The summed E-state index contributed by atoms with van der Waals surface area (Å²) in [6, 6.07) is 11.7. The Morgan fingerprint density at radius 1 is 1.20 bits per heavy atom. The van der Waals surface area contributed by atoms with Gasteiger partial charge in [0.25, 0.3) is 0 Å². The van der Waals surface area contributed by atoms with Gasteiger partial charge in [0.1, 0.15) is 11.5 Å². The maximum Gasteiger partial charge on any atom is 0.248 e. The summed E-state index contributed by atoms with van der Waals surface area (Å²) in [5.74, 6) is 1.37. The van der Waals surface area contributed by atoms with Crippen molar-refractivity contribution < 1.29 is 4.79 Å². The topological polar surface area (TPSA) is 96.5 Å². The van der Waals surface area contributed by atoms with E-state index in [4.69, 9.17) is 4.98 Å². The van der Waals surface area contributed by atoms with Crippen molar-refractivity contribution in [3.8, 4) is 11.3 Å². The van der Waals surface area contributed by atoms with Gasteiger partial charge in [-0.2, -0.15) is 9.47 Å². The molecular formula is C29H33N9OS. The number of hydrogen-bond acceptors (Lipinski definition) is 8. The van der Waals surface area contributed by atoms with E-state index in [1.807, 2.05) is 60.2 Å².